The first-order valence-corrected chi connectivity index (χ1v) is 7.23. The Bertz CT molecular complexity index is 591. The molecular formula is C17H25N3. The van der Waals surface area contributed by atoms with E-state index in [-0.39, 0.29) is 11.5 Å². The molecular weight excluding hydrogens is 246 g/mol. The van der Waals surface area contributed by atoms with Crippen molar-refractivity contribution in [2.24, 2.45) is 12.8 Å². The fourth-order valence-corrected chi connectivity index (χ4v) is 2.43. The number of aryl methyl sites for hydroxylation is 1. The first kappa shape index (κ1) is 14.8. The van der Waals surface area contributed by atoms with Gasteiger partial charge in [-0.2, -0.15) is 5.10 Å². The molecule has 0 aliphatic heterocycles. The molecule has 3 nitrogen and oxygen atoms in total. The summed E-state index contributed by atoms with van der Waals surface area (Å²) < 4.78 is 1.89. The second kappa shape index (κ2) is 5.41. The molecule has 3 heteroatoms. The van der Waals surface area contributed by atoms with Crippen LogP contribution in [0.15, 0.2) is 30.5 Å². The fraction of sp³-hybridized carbons (Fsp3) is 0.471. The van der Waals surface area contributed by atoms with Crippen LogP contribution in [-0.4, -0.2) is 9.78 Å². The van der Waals surface area contributed by atoms with Crippen LogP contribution >= 0.6 is 0 Å². The second-order valence-electron chi connectivity index (χ2n) is 6.46. The summed E-state index contributed by atoms with van der Waals surface area (Å²) in [6.45, 7) is 8.70. The largest absolute Gasteiger partial charge is 0.324 e. The topological polar surface area (TPSA) is 43.8 Å². The first-order valence-electron chi connectivity index (χ1n) is 7.23. The molecule has 0 spiro atoms. The summed E-state index contributed by atoms with van der Waals surface area (Å²) in [6.07, 6.45) is 3.04. The van der Waals surface area contributed by atoms with Crippen molar-refractivity contribution in [2.75, 3.05) is 0 Å². The number of nitrogens with two attached hydrogens (primary N) is 1. The zero-order valence-corrected chi connectivity index (χ0v) is 13.1. The van der Waals surface area contributed by atoms with Crippen LogP contribution in [0.3, 0.4) is 0 Å². The van der Waals surface area contributed by atoms with Crippen molar-refractivity contribution in [1.82, 2.24) is 9.78 Å². The molecule has 0 radical (unpaired) electrons. The number of benzene rings is 1. The summed E-state index contributed by atoms with van der Waals surface area (Å²) in [7, 11) is 1.97. The molecule has 108 valence electrons. The zero-order valence-electron chi connectivity index (χ0n) is 13.1. The minimum Gasteiger partial charge on any atom is -0.324 e. The molecule has 0 fully saturated rings. The van der Waals surface area contributed by atoms with Gasteiger partial charge in [-0.3, -0.25) is 4.68 Å². The minimum atomic E-state index is 0.0273. The number of hydrogen-bond acceptors (Lipinski definition) is 2. The lowest BCUT2D eigenvalue weighted by Gasteiger charge is -2.18. The predicted molar refractivity (Wildman–Crippen MR) is 84.6 cm³/mol. The van der Waals surface area contributed by atoms with Crippen LogP contribution < -0.4 is 5.73 Å². The van der Waals surface area contributed by atoms with Crippen LogP contribution in [0, 0.1) is 0 Å². The van der Waals surface area contributed by atoms with E-state index in [1.54, 1.807) is 0 Å². The molecule has 2 rings (SSSR count). The first-order chi connectivity index (χ1) is 9.32. The number of hydrogen-bond donors (Lipinski definition) is 1. The van der Waals surface area contributed by atoms with Crippen molar-refractivity contribution in [2.45, 2.75) is 45.6 Å². The van der Waals surface area contributed by atoms with Crippen molar-refractivity contribution >= 4 is 0 Å². The van der Waals surface area contributed by atoms with Crippen molar-refractivity contribution in [3.8, 4) is 11.1 Å². The minimum absolute atomic E-state index is 0.0273. The van der Waals surface area contributed by atoms with E-state index in [1.165, 1.54) is 16.7 Å². The number of nitrogens with zero attached hydrogens (tertiary/aromatic N) is 2. The molecule has 1 aromatic heterocycles. The van der Waals surface area contributed by atoms with Crippen molar-refractivity contribution in [3.05, 3.63) is 41.7 Å². The smallest absolute Gasteiger partial charge is 0.0756 e. The Morgan fingerprint density at radius 1 is 1.30 bits per heavy atom. The molecule has 0 amide bonds. The summed E-state index contributed by atoms with van der Waals surface area (Å²) >= 11 is 0. The number of aromatic nitrogens is 2. The van der Waals surface area contributed by atoms with E-state index < -0.39 is 0 Å². The second-order valence-corrected chi connectivity index (χ2v) is 6.46. The van der Waals surface area contributed by atoms with Gasteiger partial charge >= 0.3 is 0 Å². The average Bonchev–Trinajstić information content (AvgIpc) is 2.80. The molecule has 1 atom stereocenters. The van der Waals surface area contributed by atoms with E-state index in [9.17, 15) is 0 Å². The Morgan fingerprint density at radius 3 is 2.60 bits per heavy atom. The summed E-state index contributed by atoms with van der Waals surface area (Å²) in [6, 6.07) is 8.62. The van der Waals surface area contributed by atoms with Crippen LogP contribution in [0.5, 0.6) is 0 Å². The van der Waals surface area contributed by atoms with Gasteiger partial charge in [0.2, 0.25) is 0 Å². The summed E-state index contributed by atoms with van der Waals surface area (Å²) in [5.74, 6) is 0. The molecule has 2 aromatic rings. The standard InChI is InChI=1S/C17H25N3/c1-6-15(18)13-9-7-8-12(10-13)14-11-20(5)19-16(14)17(2,3)4/h7-11,15H,6,18H2,1-5H3. The maximum Gasteiger partial charge on any atom is 0.0756 e. The molecule has 0 bridgehead atoms. The summed E-state index contributed by atoms with van der Waals surface area (Å²) in [4.78, 5) is 0. The molecule has 2 N–H and O–H groups in total. The highest BCUT2D eigenvalue weighted by Crippen LogP contribution is 2.32. The van der Waals surface area contributed by atoms with Crippen LogP contribution in [-0.2, 0) is 12.5 Å². The molecule has 0 aliphatic carbocycles. The van der Waals surface area contributed by atoms with Gasteiger partial charge in [-0.1, -0.05) is 45.9 Å². The highest BCUT2D eigenvalue weighted by Gasteiger charge is 2.22. The predicted octanol–water partition coefficient (Wildman–Crippen LogP) is 3.79. The lowest BCUT2D eigenvalue weighted by molar-refractivity contribution is 0.554. The normalized spacial score (nSPS) is 13.5. The Hall–Kier alpha value is -1.61. The lowest BCUT2D eigenvalue weighted by atomic mass is 9.87. The van der Waals surface area contributed by atoms with E-state index in [0.29, 0.717) is 0 Å². The molecule has 1 heterocycles. The zero-order chi connectivity index (χ0) is 14.9. The molecule has 0 aliphatic rings. The van der Waals surface area contributed by atoms with E-state index >= 15 is 0 Å². The number of rotatable bonds is 3. The monoisotopic (exact) mass is 271 g/mol. The Labute approximate surface area is 121 Å². The average molecular weight is 271 g/mol. The summed E-state index contributed by atoms with van der Waals surface area (Å²) in [5.41, 5.74) is 10.9. The van der Waals surface area contributed by atoms with Gasteiger partial charge in [0.05, 0.1) is 5.69 Å². The Balaban J connectivity index is 2.52. The van der Waals surface area contributed by atoms with Gasteiger partial charge in [0.15, 0.2) is 0 Å². The summed E-state index contributed by atoms with van der Waals surface area (Å²) in [5, 5.41) is 4.64. The van der Waals surface area contributed by atoms with Crippen LogP contribution in [0.1, 0.15) is 51.4 Å². The van der Waals surface area contributed by atoms with Gasteiger partial charge in [0.1, 0.15) is 0 Å². The van der Waals surface area contributed by atoms with Crippen LogP contribution in [0.4, 0.5) is 0 Å². The third-order valence-electron chi connectivity index (χ3n) is 3.60. The lowest BCUT2D eigenvalue weighted by Crippen LogP contribution is -2.14. The van der Waals surface area contributed by atoms with Crippen molar-refractivity contribution < 1.29 is 0 Å². The van der Waals surface area contributed by atoms with E-state index in [4.69, 9.17) is 5.73 Å². The molecule has 1 unspecified atom stereocenters. The van der Waals surface area contributed by atoms with Gasteiger partial charge in [0.25, 0.3) is 0 Å². The highest BCUT2D eigenvalue weighted by atomic mass is 15.3. The SMILES string of the molecule is CCC(N)c1cccc(-c2cn(C)nc2C(C)(C)C)c1. The van der Waals surface area contributed by atoms with Crippen molar-refractivity contribution in [3.63, 3.8) is 0 Å². The van der Waals surface area contributed by atoms with E-state index in [2.05, 4.69) is 63.3 Å². The third-order valence-corrected chi connectivity index (χ3v) is 3.60. The fourth-order valence-electron chi connectivity index (χ4n) is 2.43. The quantitative estimate of drug-likeness (QED) is 0.923. The molecule has 1 aromatic carbocycles. The maximum absolute atomic E-state index is 6.15. The maximum atomic E-state index is 6.15. The van der Waals surface area contributed by atoms with Crippen LogP contribution in [0.25, 0.3) is 11.1 Å². The Morgan fingerprint density at radius 2 is 2.00 bits per heavy atom. The highest BCUT2D eigenvalue weighted by molar-refractivity contribution is 5.67. The Kier molecular flexibility index (Phi) is 4.00. The van der Waals surface area contributed by atoms with Gasteiger partial charge < -0.3 is 5.73 Å². The molecule has 0 saturated heterocycles. The molecule has 20 heavy (non-hydrogen) atoms. The van der Waals surface area contributed by atoms with Gasteiger partial charge in [-0.25, -0.2) is 0 Å². The van der Waals surface area contributed by atoms with Crippen molar-refractivity contribution in [1.29, 1.82) is 0 Å². The third kappa shape index (κ3) is 2.93. The van der Waals surface area contributed by atoms with Crippen LogP contribution in [0.2, 0.25) is 0 Å². The van der Waals surface area contributed by atoms with Gasteiger partial charge in [-0.05, 0) is 23.6 Å². The molecule has 0 saturated carbocycles. The van der Waals surface area contributed by atoms with Gasteiger partial charge in [-0.15, -0.1) is 0 Å². The van der Waals surface area contributed by atoms with E-state index in [0.717, 1.165) is 12.1 Å². The van der Waals surface area contributed by atoms with E-state index in [1.807, 2.05) is 11.7 Å². The van der Waals surface area contributed by atoms with Gasteiger partial charge in [0, 0.05) is 30.3 Å².